The van der Waals surface area contributed by atoms with E-state index in [-0.39, 0.29) is 12.1 Å². The van der Waals surface area contributed by atoms with E-state index >= 15 is 0 Å². The first-order valence-electron chi connectivity index (χ1n) is 10.0. The molecule has 2 rings (SSSR count). The topological polar surface area (TPSA) is 41.0 Å². The quantitative estimate of drug-likeness (QED) is 0.505. The van der Waals surface area contributed by atoms with Crippen LogP contribution in [0.25, 0.3) is 0 Å². The predicted octanol–water partition coefficient (Wildman–Crippen LogP) is 5.64. The summed E-state index contributed by atoms with van der Waals surface area (Å²) in [7, 11) is 0. The van der Waals surface area contributed by atoms with E-state index in [0.717, 1.165) is 24.5 Å². The number of alkyl halides is 6. The zero-order valence-electron chi connectivity index (χ0n) is 17.6. The number of aromatic nitrogens is 2. The van der Waals surface area contributed by atoms with Crippen LogP contribution < -0.4 is 5.32 Å². The van der Waals surface area contributed by atoms with E-state index in [1.165, 1.54) is 12.1 Å². The Kier molecular flexibility index (Phi) is 8.41. The molecule has 2 aromatic rings. The Balaban J connectivity index is 2.08. The molecule has 0 saturated heterocycles. The van der Waals surface area contributed by atoms with Gasteiger partial charge in [0, 0.05) is 25.0 Å². The SMILES string of the molecule is CCN[C@H](CCN(CC)[C@H](C)c1ccc(C(F)(F)F)cn1)c1ccc(C(F)(F)F)cn1. The molecular formula is C21H26F6N4. The Labute approximate surface area is 177 Å². The summed E-state index contributed by atoms with van der Waals surface area (Å²) in [6.07, 6.45) is -6.67. The summed E-state index contributed by atoms with van der Waals surface area (Å²) in [4.78, 5) is 10.0. The van der Waals surface area contributed by atoms with Crippen LogP contribution in [0.4, 0.5) is 26.3 Å². The van der Waals surface area contributed by atoms with Gasteiger partial charge in [0.05, 0.1) is 28.6 Å². The van der Waals surface area contributed by atoms with Crippen molar-refractivity contribution < 1.29 is 26.3 Å². The second-order valence-electron chi connectivity index (χ2n) is 7.14. The van der Waals surface area contributed by atoms with Crippen molar-refractivity contribution >= 4 is 0 Å². The lowest BCUT2D eigenvalue weighted by molar-refractivity contribution is -0.138. The molecule has 2 heterocycles. The van der Waals surface area contributed by atoms with Crippen LogP contribution in [0.2, 0.25) is 0 Å². The molecule has 0 aromatic carbocycles. The second-order valence-corrected chi connectivity index (χ2v) is 7.14. The number of hydrogen-bond acceptors (Lipinski definition) is 4. The van der Waals surface area contributed by atoms with Crippen LogP contribution in [0, 0.1) is 0 Å². The number of pyridine rings is 2. The molecular weight excluding hydrogens is 422 g/mol. The van der Waals surface area contributed by atoms with Gasteiger partial charge in [-0.1, -0.05) is 13.8 Å². The van der Waals surface area contributed by atoms with Gasteiger partial charge in [-0.05, 0) is 50.7 Å². The van der Waals surface area contributed by atoms with Gasteiger partial charge < -0.3 is 5.32 Å². The smallest absolute Gasteiger partial charge is 0.309 e. The molecule has 0 radical (unpaired) electrons. The molecule has 0 bridgehead atoms. The third kappa shape index (κ3) is 6.90. The van der Waals surface area contributed by atoms with Crippen LogP contribution in [-0.4, -0.2) is 34.5 Å². The molecule has 0 aliphatic rings. The molecule has 1 N–H and O–H groups in total. The number of rotatable bonds is 9. The van der Waals surface area contributed by atoms with Gasteiger partial charge in [0.15, 0.2) is 0 Å². The highest BCUT2D eigenvalue weighted by atomic mass is 19.4. The lowest BCUT2D eigenvalue weighted by atomic mass is 10.1. The fourth-order valence-corrected chi connectivity index (χ4v) is 3.31. The first-order chi connectivity index (χ1) is 14.5. The van der Waals surface area contributed by atoms with Gasteiger partial charge in [0.2, 0.25) is 0 Å². The Morgan fingerprint density at radius 3 is 1.77 bits per heavy atom. The highest BCUT2D eigenvalue weighted by Gasteiger charge is 2.32. The average molecular weight is 448 g/mol. The third-order valence-electron chi connectivity index (χ3n) is 5.12. The average Bonchev–Trinajstić information content (AvgIpc) is 2.72. The van der Waals surface area contributed by atoms with Crippen molar-refractivity contribution in [2.75, 3.05) is 19.6 Å². The molecule has 172 valence electrons. The molecule has 0 saturated carbocycles. The molecule has 0 fully saturated rings. The maximum Gasteiger partial charge on any atom is 0.417 e. The van der Waals surface area contributed by atoms with Crippen LogP contribution in [0.3, 0.4) is 0 Å². The van der Waals surface area contributed by atoms with Gasteiger partial charge in [-0.25, -0.2) is 0 Å². The molecule has 2 aromatic heterocycles. The minimum absolute atomic E-state index is 0.227. The van der Waals surface area contributed by atoms with E-state index in [2.05, 4.69) is 15.3 Å². The van der Waals surface area contributed by atoms with Crippen molar-refractivity contribution in [1.29, 1.82) is 0 Å². The predicted molar refractivity (Wildman–Crippen MR) is 105 cm³/mol. The van der Waals surface area contributed by atoms with Crippen molar-refractivity contribution in [3.63, 3.8) is 0 Å². The van der Waals surface area contributed by atoms with Crippen LogP contribution in [-0.2, 0) is 12.4 Å². The number of nitrogens with one attached hydrogen (secondary N) is 1. The lowest BCUT2D eigenvalue weighted by Crippen LogP contribution is -2.32. The van der Waals surface area contributed by atoms with E-state index in [1.54, 1.807) is 0 Å². The van der Waals surface area contributed by atoms with Crippen LogP contribution in [0.15, 0.2) is 36.7 Å². The highest BCUT2D eigenvalue weighted by molar-refractivity contribution is 5.20. The molecule has 0 amide bonds. The summed E-state index contributed by atoms with van der Waals surface area (Å²) in [6, 6.07) is 4.28. The van der Waals surface area contributed by atoms with Gasteiger partial charge in [0.1, 0.15) is 0 Å². The second kappa shape index (κ2) is 10.4. The normalized spacial score (nSPS) is 14.6. The molecule has 0 unspecified atom stereocenters. The fourth-order valence-electron chi connectivity index (χ4n) is 3.31. The summed E-state index contributed by atoms with van der Waals surface area (Å²) < 4.78 is 76.6. The van der Waals surface area contributed by atoms with Crippen LogP contribution in [0.5, 0.6) is 0 Å². The summed E-state index contributed by atoms with van der Waals surface area (Å²) in [6.45, 7) is 7.47. The number of nitrogens with zero attached hydrogens (tertiary/aromatic N) is 3. The first kappa shape index (κ1) is 25.1. The van der Waals surface area contributed by atoms with Crippen molar-refractivity contribution in [3.8, 4) is 0 Å². The van der Waals surface area contributed by atoms with Crippen molar-refractivity contribution in [1.82, 2.24) is 20.2 Å². The van der Waals surface area contributed by atoms with Gasteiger partial charge in [0.25, 0.3) is 0 Å². The zero-order chi connectivity index (χ0) is 23.2. The van der Waals surface area contributed by atoms with E-state index in [4.69, 9.17) is 0 Å². The highest BCUT2D eigenvalue weighted by Crippen LogP contribution is 2.31. The third-order valence-corrected chi connectivity index (χ3v) is 5.12. The van der Waals surface area contributed by atoms with E-state index in [0.29, 0.717) is 37.4 Å². The molecule has 0 spiro atoms. The minimum Gasteiger partial charge on any atom is -0.309 e. The maximum absolute atomic E-state index is 12.8. The van der Waals surface area contributed by atoms with Crippen LogP contribution >= 0.6 is 0 Å². The number of halogens is 6. The van der Waals surface area contributed by atoms with Crippen molar-refractivity contribution in [2.24, 2.45) is 0 Å². The summed E-state index contributed by atoms with van der Waals surface area (Å²) >= 11 is 0. The minimum atomic E-state index is -4.44. The van der Waals surface area contributed by atoms with Crippen LogP contribution in [0.1, 0.15) is 61.8 Å². The van der Waals surface area contributed by atoms with Gasteiger partial charge in [-0.2, -0.15) is 26.3 Å². The molecule has 10 heteroatoms. The molecule has 2 atom stereocenters. The van der Waals surface area contributed by atoms with Gasteiger partial charge in [-0.3, -0.25) is 14.9 Å². The van der Waals surface area contributed by atoms with Crippen molar-refractivity contribution in [3.05, 3.63) is 59.2 Å². The molecule has 31 heavy (non-hydrogen) atoms. The Morgan fingerprint density at radius 1 is 0.871 bits per heavy atom. The number of hydrogen-bond donors (Lipinski definition) is 1. The van der Waals surface area contributed by atoms with Gasteiger partial charge in [-0.15, -0.1) is 0 Å². The fraction of sp³-hybridized carbons (Fsp3) is 0.524. The lowest BCUT2D eigenvalue weighted by Gasteiger charge is -2.29. The van der Waals surface area contributed by atoms with E-state index in [9.17, 15) is 26.3 Å². The largest absolute Gasteiger partial charge is 0.417 e. The first-order valence-corrected chi connectivity index (χ1v) is 10.0. The maximum atomic E-state index is 12.8. The summed E-state index contributed by atoms with van der Waals surface area (Å²) in [5.74, 6) is 0. The monoisotopic (exact) mass is 448 g/mol. The Hall–Kier alpha value is -2.20. The zero-order valence-corrected chi connectivity index (χ0v) is 17.6. The van der Waals surface area contributed by atoms with Crippen molar-refractivity contribution in [2.45, 2.75) is 51.6 Å². The standard InChI is InChI=1S/C21H26F6N4/c1-4-28-19(18-9-7-16(13-30-18)21(25,26)27)10-11-31(5-2)14(3)17-8-6-15(12-29-17)20(22,23)24/h6-9,12-14,19,28H,4-5,10-11H2,1-3H3/t14-,19-/m1/s1. The summed E-state index contributed by atoms with van der Waals surface area (Å²) in [5.41, 5.74) is -0.579. The summed E-state index contributed by atoms with van der Waals surface area (Å²) in [5, 5.41) is 3.23. The van der Waals surface area contributed by atoms with Gasteiger partial charge >= 0.3 is 12.4 Å². The molecule has 4 nitrogen and oxygen atoms in total. The van der Waals surface area contributed by atoms with E-state index in [1.807, 2.05) is 25.7 Å². The van der Waals surface area contributed by atoms with E-state index < -0.39 is 23.5 Å². The molecule has 0 aliphatic heterocycles. The Morgan fingerprint density at radius 2 is 1.39 bits per heavy atom. The molecule has 0 aliphatic carbocycles. The Bertz CT molecular complexity index is 803.